The van der Waals surface area contributed by atoms with Gasteiger partial charge in [0, 0.05) is 6.54 Å². The Balaban J connectivity index is 2.54. The fraction of sp³-hybridized carbons (Fsp3) is 0.545. The molecule has 0 bridgehead atoms. The molecule has 4 N–H and O–H groups in total. The van der Waals surface area contributed by atoms with Crippen LogP contribution in [0.5, 0.6) is 5.88 Å². The number of ether oxygens (including phenoxy) is 1. The highest BCUT2D eigenvalue weighted by molar-refractivity contribution is 5.53. The average Bonchev–Trinajstić information content (AvgIpc) is 2.28. The van der Waals surface area contributed by atoms with Crippen molar-refractivity contribution in [1.82, 2.24) is 4.98 Å². The van der Waals surface area contributed by atoms with E-state index in [1.807, 2.05) is 6.92 Å². The molecule has 1 atom stereocenters. The van der Waals surface area contributed by atoms with Crippen molar-refractivity contribution in [2.24, 2.45) is 0 Å². The Hall–Kier alpha value is -1.49. The van der Waals surface area contributed by atoms with Gasteiger partial charge < -0.3 is 20.9 Å². The van der Waals surface area contributed by atoms with Crippen LogP contribution in [-0.2, 0) is 0 Å². The molecule has 16 heavy (non-hydrogen) atoms. The fourth-order valence-corrected chi connectivity index (χ4v) is 1.37. The van der Waals surface area contributed by atoms with Gasteiger partial charge in [0.15, 0.2) is 0 Å². The largest absolute Gasteiger partial charge is 0.479 e. The molecule has 0 aliphatic heterocycles. The van der Waals surface area contributed by atoms with Crippen molar-refractivity contribution in [3.8, 4) is 5.88 Å². The minimum Gasteiger partial charge on any atom is -0.479 e. The third-order valence-electron chi connectivity index (χ3n) is 2.22. The first-order chi connectivity index (χ1) is 7.67. The van der Waals surface area contributed by atoms with Gasteiger partial charge in [-0.25, -0.2) is 0 Å². The SMILES string of the molecule is CCCC(O)CNc1ccc(N)c(OC)n1. The number of aliphatic hydroxyl groups is 1. The highest BCUT2D eigenvalue weighted by atomic mass is 16.5. The first-order valence-electron chi connectivity index (χ1n) is 5.39. The van der Waals surface area contributed by atoms with Crippen LogP contribution in [0.2, 0.25) is 0 Å². The van der Waals surface area contributed by atoms with E-state index < -0.39 is 0 Å². The normalized spacial score (nSPS) is 12.2. The maximum absolute atomic E-state index is 9.55. The predicted octanol–water partition coefficient (Wildman–Crippen LogP) is 1.25. The molecule has 0 aromatic carbocycles. The summed E-state index contributed by atoms with van der Waals surface area (Å²) in [6.45, 7) is 2.52. The molecule has 0 radical (unpaired) electrons. The van der Waals surface area contributed by atoms with Crippen molar-refractivity contribution in [3.63, 3.8) is 0 Å². The van der Waals surface area contributed by atoms with E-state index in [1.165, 1.54) is 7.11 Å². The van der Waals surface area contributed by atoms with Crippen molar-refractivity contribution >= 4 is 11.5 Å². The van der Waals surface area contributed by atoms with Gasteiger partial charge in [0.05, 0.1) is 18.9 Å². The number of aromatic nitrogens is 1. The zero-order valence-electron chi connectivity index (χ0n) is 9.73. The molecule has 5 nitrogen and oxygen atoms in total. The van der Waals surface area contributed by atoms with Gasteiger partial charge in [-0.3, -0.25) is 0 Å². The van der Waals surface area contributed by atoms with E-state index in [0.717, 1.165) is 12.8 Å². The van der Waals surface area contributed by atoms with E-state index >= 15 is 0 Å². The van der Waals surface area contributed by atoms with Crippen LogP contribution in [0.25, 0.3) is 0 Å². The number of nitrogens with one attached hydrogen (secondary N) is 1. The van der Waals surface area contributed by atoms with E-state index in [1.54, 1.807) is 12.1 Å². The Kier molecular flexibility index (Phi) is 4.85. The highest BCUT2D eigenvalue weighted by Crippen LogP contribution is 2.20. The van der Waals surface area contributed by atoms with Gasteiger partial charge in [-0.1, -0.05) is 13.3 Å². The number of nitrogens with zero attached hydrogens (tertiary/aromatic N) is 1. The maximum Gasteiger partial charge on any atom is 0.238 e. The fourth-order valence-electron chi connectivity index (χ4n) is 1.37. The summed E-state index contributed by atoms with van der Waals surface area (Å²) >= 11 is 0. The summed E-state index contributed by atoms with van der Waals surface area (Å²) < 4.78 is 5.00. The Morgan fingerprint density at radius 1 is 1.56 bits per heavy atom. The van der Waals surface area contributed by atoms with Crippen LogP contribution < -0.4 is 15.8 Å². The number of aliphatic hydroxyl groups excluding tert-OH is 1. The topological polar surface area (TPSA) is 80.4 Å². The second kappa shape index (κ2) is 6.17. The van der Waals surface area contributed by atoms with E-state index in [9.17, 15) is 5.11 Å². The van der Waals surface area contributed by atoms with Gasteiger partial charge in [0.2, 0.25) is 5.88 Å². The van der Waals surface area contributed by atoms with E-state index in [4.69, 9.17) is 10.5 Å². The summed E-state index contributed by atoms with van der Waals surface area (Å²) in [7, 11) is 1.52. The van der Waals surface area contributed by atoms with Crippen LogP contribution in [0.4, 0.5) is 11.5 Å². The van der Waals surface area contributed by atoms with Crippen molar-refractivity contribution in [1.29, 1.82) is 0 Å². The summed E-state index contributed by atoms with van der Waals surface area (Å²) in [6, 6.07) is 3.48. The standard InChI is InChI=1S/C11H19N3O2/c1-3-4-8(15)7-13-10-6-5-9(12)11(14-10)16-2/h5-6,8,15H,3-4,7,12H2,1-2H3,(H,13,14). The zero-order valence-corrected chi connectivity index (χ0v) is 9.73. The van der Waals surface area contributed by atoms with Crippen LogP contribution in [-0.4, -0.2) is 29.8 Å². The van der Waals surface area contributed by atoms with Crippen LogP contribution >= 0.6 is 0 Å². The monoisotopic (exact) mass is 225 g/mol. The molecule has 1 unspecified atom stereocenters. The van der Waals surface area contributed by atoms with E-state index in [2.05, 4.69) is 10.3 Å². The molecule has 0 saturated heterocycles. The molecule has 0 amide bonds. The molecule has 1 rings (SSSR count). The van der Waals surface area contributed by atoms with Crippen molar-refractivity contribution in [2.45, 2.75) is 25.9 Å². The van der Waals surface area contributed by atoms with E-state index in [-0.39, 0.29) is 6.10 Å². The second-order valence-electron chi connectivity index (χ2n) is 3.62. The Labute approximate surface area is 95.6 Å². The molecule has 0 spiro atoms. The Morgan fingerprint density at radius 3 is 2.94 bits per heavy atom. The van der Waals surface area contributed by atoms with Crippen molar-refractivity contribution in [2.75, 3.05) is 24.7 Å². The number of hydrogen-bond acceptors (Lipinski definition) is 5. The predicted molar refractivity (Wildman–Crippen MR) is 64.6 cm³/mol. The minimum absolute atomic E-state index is 0.352. The summed E-state index contributed by atoms with van der Waals surface area (Å²) in [5.74, 6) is 1.05. The third kappa shape index (κ3) is 3.58. The number of nitrogens with two attached hydrogens (primary N) is 1. The molecule has 1 heterocycles. The number of hydrogen-bond donors (Lipinski definition) is 3. The molecular formula is C11H19N3O2. The molecule has 90 valence electrons. The molecule has 5 heteroatoms. The summed E-state index contributed by atoms with van der Waals surface area (Å²) in [4.78, 5) is 4.15. The number of rotatable bonds is 6. The number of methoxy groups -OCH3 is 1. The maximum atomic E-state index is 9.55. The quantitative estimate of drug-likeness (QED) is 0.679. The smallest absolute Gasteiger partial charge is 0.238 e. The van der Waals surface area contributed by atoms with Crippen LogP contribution in [0.3, 0.4) is 0 Å². The first kappa shape index (κ1) is 12.6. The number of anilines is 2. The average molecular weight is 225 g/mol. The molecule has 0 fully saturated rings. The summed E-state index contributed by atoms with van der Waals surface area (Å²) in [5, 5.41) is 12.6. The van der Waals surface area contributed by atoms with Gasteiger partial charge in [-0.15, -0.1) is 0 Å². The van der Waals surface area contributed by atoms with Gasteiger partial charge in [0.1, 0.15) is 5.82 Å². The Bertz CT molecular complexity index is 331. The molecule has 0 aliphatic carbocycles. The second-order valence-corrected chi connectivity index (χ2v) is 3.62. The minimum atomic E-state index is -0.352. The molecule has 0 aliphatic rings. The summed E-state index contributed by atoms with van der Waals surface area (Å²) in [5.41, 5.74) is 6.14. The highest BCUT2D eigenvalue weighted by Gasteiger charge is 2.05. The van der Waals surface area contributed by atoms with Gasteiger partial charge in [-0.2, -0.15) is 4.98 Å². The number of nitrogen functional groups attached to an aromatic ring is 1. The molecule has 1 aromatic heterocycles. The lowest BCUT2D eigenvalue weighted by Gasteiger charge is -2.12. The van der Waals surface area contributed by atoms with Crippen LogP contribution in [0.15, 0.2) is 12.1 Å². The lowest BCUT2D eigenvalue weighted by Crippen LogP contribution is -2.19. The summed E-state index contributed by atoms with van der Waals surface area (Å²) in [6.07, 6.45) is 1.39. The molecule has 1 aromatic rings. The first-order valence-corrected chi connectivity index (χ1v) is 5.39. The lowest BCUT2D eigenvalue weighted by atomic mass is 10.2. The zero-order chi connectivity index (χ0) is 12.0. The Morgan fingerprint density at radius 2 is 2.31 bits per heavy atom. The van der Waals surface area contributed by atoms with Gasteiger partial charge in [0.25, 0.3) is 0 Å². The van der Waals surface area contributed by atoms with Crippen LogP contribution in [0, 0.1) is 0 Å². The van der Waals surface area contributed by atoms with Crippen molar-refractivity contribution in [3.05, 3.63) is 12.1 Å². The third-order valence-corrected chi connectivity index (χ3v) is 2.22. The van der Waals surface area contributed by atoms with E-state index in [0.29, 0.717) is 23.9 Å². The van der Waals surface area contributed by atoms with Crippen LogP contribution in [0.1, 0.15) is 19.8 Å². The number of pyridine rings is 1. The molecular weight excluding hydrogens is 206 g/mol. The lowest BCUT2D eigenvalue weighted by molar-refractivity contribution is 0.176. The van der Waals surface area contributed by atoms with Gasteiger partial charge in [-0.05, 0) is 18.6 Å². The van der Waals surface area contributed by atoms with Gasteiger partial charge >= 0.3 is 0 Å². The van der Waals surface area contributed by atoms with Crippen molar-refractivity contribution < 1.29 is 9.84 Å². The molecule has 0 saturated carbocycles.